The normalized spacial score (nSPS) is 10.3. The van der Waals surface area contributed by atoms with E-state index in [0.29, 0.717) is 18.4 Å². The molecule has 1 aromatic rings. The summed E-state index contributed by atoms with van der Waals surface area (Å²) in [6.45, 7) is 1.51. The predicted octanol–water partition coefficient (Wildman–Crippen LogP) is 2.63. The van der Waals surface area contributed by atoms with Gasteiger partial charge in [0.15, 0.2) is 5.78 Å². The van der Waals surface area contributed by atoms with E-state index in [1.807, 2.05) is 11.9 Å². The molecule has 0 aliphatic carbocycles. The number of halogens is 1. The van der Waals surface area contributed by atoms with Crippen LogP contribution in [0.2, 0.25) is 0 Å². The van der Waals surface area contributed by atoms with Crippen molar-refractivity contribution in [2.24, 2.45) is 0 Å². The minimum Gasteiger partial charge on any atom is -0.305 e. The van der Waals surface area contributed by atoms with Crippen LogP contribution in [0.15, 0.2) is 24.3 Å². The molecule has 0 saturated heterocycles. The second kappa shape index (κ2) is 7.57. The molecule has 96 valence electrons. The molecule has 0 amide bonds. The highest BCUT2D eigenvalue weighted by molar-refractivity contribution is 5.95. The van der Waals surface area contributed by atoms with Crippen LogP contribution in [-0.2, 0) is 0 Å². The highest BCUT2D eigenvalue weighted by atomic mass is 19.1. The Bertz CT molecular complexity index is 422. The highest BCUT2D eigenvalue weighted by Gasteiger charge is 2.06. The molecular weight excluding hydrogens is 231 g/mol. The van der Waals surface area contributed by atoms with Crippen LogP contribution in [-0.4, -0.2) is 30.8 Å². The van der Waals surface area contributed by atoms with Crippen LogP contribution >= 0.6 is 0 Å². The maximum Gasteiger partial charge on any atom is 0.162 e. The average molecular weight is 248 g/mol. The van der Waals surface area contributed by atoms with Crippen molar-refractivity contribution < 1.29 is 9.18 Å². The van der Waals surface area contributed by atoms with E-state index in [-0.39, 0.29) is 11.6 Å². The van der Waals surface area contributed by atoms with E-state index < -0.39 is 0 Å². The molecule has 0 aliphatic rings. The van der Waals surface area contributed by atoms with Crippen molar-refractivity contribution in [3.63, 3.8) is 0 Å². The van der Waals surface area contributed by atoms with Crippen molar-refractivity contribution >= 4 is 5.78 Å². The summed E-state index contributed by atoms with van der Waals surface area (Å²) in [4.78, 5) is 13.8. The Labute approximate surface area is 107 Å². The van der Waals surface area contributed by atoms with Gasteiger partial charge in [-0.15, -0.1) is 0 Å². The zero-order valence-electron chi connectivity index (χ0n) is 10.5. The third-order valence-electron chi connectivity index (χ3n) is 2.72. The monoisotopic (exact) mass is 248 g/mol. The summed E-state index contributed by atoms with van der Waals surface area (Å²) in [5, 5.41) is 8.44. The molecule has 0 bridgehead atoms. The van der Waals surface area contributed by atoms with Gasteiger partial charge in [-0.3, -0.25) is 4.79 Å². The Morgan fingerprint density at radius 1 is 1.33 bits per heavy atom. The Morgan fingerprint density at radius 2 is 2.00 bits per heavy atom. The number of hydrogen-bond acceptors (Lipinski definition) is 3. The van der Waals surface area contributed by atoms with Gasteiger partial charge in [-0.25, -0.2) is 4.39 Å². The molecule has 0 saturated carbocycles. The van der Waals surface area contributed by atoms with Crippen molar-refractivity contribution in [2.75, 3.05) is 20.1 Å². The summed E-state index contributed by atoms with van der Waals surface area (Å²) >= 11 is 0. The molecule has 0 atom stereocenters. The molecule has 0 heterocycles. The van der Waals surface area contributed by atoms with Crippen LogP contribution in [0.1, 0.15) is 29.6 Å². The number of ketones is 1. The molecule has 1 aromatic carbocycles. The fourth-order valence-electron chi connectivity index (χ4n) is 1.64. The van der Waals surface area contributed by atoms with E-state index in [9.17, 15) is 9.18 Å². The first-order valence-corrected chi connectivity index (χ1v) is 5.97. The van der Waals surface area contributed by atoms with Crippen LogP contribution in [0.5, 0.6) is 0 Å². The number of carbonyl (C=O) groups excluding carboxylic acids is 1. The maximum absolute atomic E-state index is 12.7. The van der Waals surface area contributed by atoms with E-state index in [0.717, 1.165) is 19.5 Å². The fourth-order valence-corrected chi connectivity index (χ4v) is 1.64. The van der Waals surface area contributed by atoms with Gasteiger partial charge in [0.1, 0.15) is 5.82 Å². The lowest BCUT2D eigenvalue weighted by Gasteiger charge is -2.13. The van der Waals surface area contributed by atoms with Crippen molar-refractivity contribution in [1.29, 1.82) is 5.26 Å². The lowest BCUT2D eigenvalue weighted by molar-refractivity contribution is 0.0976. The number of hydrogen-bond donors (Lipinski definition) is 0. The first-order valence-electron chi connectivity index (χ1n) is 5.97. The molecule has 0 unspecified atom stereocenters. The molecule has 0 aromatic heterocycles. The van der Waals surface area contributed by atoms with E-state index in [4.69, 9.17) is 5.26 Å². The number of nitrogens with zero attached hydrogens (tertiary/aromatic N) is 2. The third-order valence-corrected chi connectivity index (χ3v) is 2.72. The number of carbonyl (C=O) groups is 1. The minimum atomic E-state index is -0.331. The number of nitriles is 1. The van der Waals surface area contributed by atoms with E-state index in [1.165, 1.54) is 24.3 Å². The van der Waals surface area contributed by atoms with Gasteiger partial charge in [-0.1, -0.05) is 0 Å². The summed E-state index contributed by atoms with van der Waals surface area (Å²) in [5.74, 6) is -0.300. The van der Waals surface area contributed by atoms with Gasteiger partial charge in [0.05, 0.1) is 6.07 Å². The van der Waals surface area contributed by atoms with Crippen LogP contribution in [0.25, 0.3) is 0 Å². The number of Topliss-reactive ketones (excluding diaryl/α,β-unsaturated/α-hetero) is 1. The SMILES string of the molecule is CN(CCC#N)CCCC(=O)c1ccc(F)cc1. The summed E-state index contributed by atoms with van der Waals surface area (Å²) in [7, 11) is 1.93. The fraction of sp³-hybridized carbons (Fsp3) is 0.429. The van der Waals surface area contributed by atoms with Crippen molar-refractivity contribution in [2.45, 2.75) is 19.3 Å². The lowest BCUT2D eigenvalue weighted by Crippen LogP contribution is -2.21. The van der Waals surface area contributed by atoms with Crippen LogP contribution in [0.3, 0.4) is 0 Å². The van der Waals surface area contributed by atoms with Crippen molar-refractivity contribution in [3.8, 4) is 6.07 Å². The van der Waals surface area contributed by atoms with E-state index >= 15 is 0 Å². The van der Waals surface area contributed by atoms with Gasteiger partial charge in [0, 0.05) is 24.9 Å². The molecule has 0 N–H and O–H groups in total. The van der Waals surface area contributed by atoms with Gasteiger partial charge in [0.2, 0.25) is 0 Å². The standard InChI is InChI=1S/C14H17FN2O/c1-17(11-3-9-16)10-2-4-14(18)12-5-7-13(15)8-6-12/h5-8H,2-4,10-11H2,1H3. The second-order valence-electron chi connectivity index (χ2n) is 4.25. The summed E-state index contributed by atoms with van der Waals surface area (Å²) < 4.78 is 12.7. The van der Waals surface area contributed by atoms with Gasteiger partial charge < -0.3 is 4.90 Å². The molecule has 1 rings (SSSR count). The topological polar surface area (TPSA) is 44.1 Å². The Kier molecular flexibility index (Phi) is 6.03. The summed E-state index contributed by atoms with van der Waals surface area (Å²) in [5.41, 5.74) is 0.552. The van der Waals surface area contributed by atoms with Crippen LogP contribution in [0.4, 0.5) is 4.39 Å². The highest BCUT2D eigenvalue weighted by Crippen LogP contribution is 2.07. The first kappa shape index (κ1) is 14.3. The summed E-state index contributed by atoms with van der Waals surface area (Å²) in [6, 6.07) is 7.70. The zero-order chi connectivity index (χ0) is 13.4. The number of benzene rings is 1. The lowest BCUT2D eigenvalue weighted by atomic mass is 10.1. The van der Waals surface area contributed by atoms with Gasteiger partial charge in [-0.2, -0.15) is 5.26 Å². The maximum atomic E-state index is 12.7. The van der Waals surface area contributed by atoms with Crippen molar-refractivity contribution in [1.82, 2.24) is 4.90 Å². The average Bonchev–Trinajstić information content (AvgIpc) is 2.37. The largest absolute Gasteiger partial charge is 0.305 e. The second-order valence-corrected chi connectivity index (χ2v) is 4.25. The van der Waals surface area contributed by atoms with Gasteiger partial charge in [-0.05, 0) is 44.3 Å². The molecule has 0 spiro atoms. The molecule has 0 aliphatic heterocycles. The quantitative estimate of drug-likeness (QED) is 0.697. The Morgan fingerprint density at radius 3 is 2.61 bits per heavy atom. The number of rotatable bonds is 7. The third kappa shape index (κ3) is 5.07. The summed E-state index contributed by atoms with van der Waals surface area (Å²) in [6.07, 6.45) is 1.70. The van der Waals surface area contributed by atoms with Crippen LogP contribution in [0, 0.1) is 17.1 Å². The molecule has 4 heteroatoms. The van der Waals surface area contributed by atoms with Crippen molar-refractivity contribution in [3.05, 3.63) is 35.6 Å². The van der Waals surface area contributed by atoms with E-state index in [2.05, 4.69) is 6.07 Å². The smallest absolute Gasteiger partial charge is 0.162 e. The molecule has 3 nitrogen and oxygen atoms in total. The molecular formula is C14H17FN2O. The van der Waals surface area contributed by atoms with Gasteiger partial charge in [0.25, 0.3) is 0 Å². The molecule has 0 radical (unpaired) electrons. The van der Waals surface area contributed by atoms with E-state index in [1.54, 1.807) is 0 Å². The first-order chi connectivity index (χ1) is 8.63. The predicted molar refractivity (Wildman–Crippen MR) is 67.7 cm³/mol. The Balaban J connectivity index is 2.29. The molecule has 0 fully saturated rings. The zero-order valence-corrected chi connectivity index (χ0v) is 10.5. The Hall–Kier alpha value is -1.73. The van der Waals surface area contributed by atoms with Gasteiger partial charge >= 0.3 is 0 Å². The molecule has 18 heavy (non-hydrogen) atoms. The minimum absolute atomic E-state index is 0.0312. The van der Waals surface area contributed by atoms with Crippen LogP contribution < -0.4 is 0 Å².